The first kappa shape index (κ1) is 27.2. The number of carbonyl (C=O) groups is 2. The van der Waals surface area contributed by atoms with Crippen molar-refractivity contribution in [2.45, 2.75) is 25.4 Å². The van der Waals surface area contributed by atoms with Crippen LogP contribution in [0.5, 0.6) is 17.2 Å². The molecule has 0 aliphatic carbocycles. The zero-order chi connectivity index (χ0) is 28.9. The maximum Gasteiger partial charge on any atom is 0.248 e. The third-order valence-corrected chi connectivity index (χ3v) is 7.73. The van der Waals surface area contributed by atoms with Crippen molar-refractivity contribution in [2.75, 3.05) is 36.8 Å². The average molecular weight is 564 g/mol. The number of rotatable bonds is 10. The summed E-state index contributed by atoms with van der Waals surface area (Å²) in [7, 11) is 1.60. The SMILES string of the molecule is COc1ccc([C@@H](C(=O)NCc2ccccc2)N(C(=O)CCN2CCc3ccccc32)c2ccc3c(c2)OCO3)cc1. The number of nitrogens with zero attached hydrogens (tertiary/aromatic N) is 2. The molecule has 0 unspecified atom stereocenters. The Morgan fingerprint density at radius 3 is 2.50 bits per heavy atom. The number of hydrogen-bond donors (Lipinski definition) is 1. The van der Waals surface area contributed by atoms with Crippen LogP contribution in [-0.4, -0.2) is 38.8 Å². The Kier molecular flexibility index (Phi) is 7.94. The van der Waals surface area contributed by atoms with Gasteiger partial charge < -0.3 is 24.4 Å². The molecule has 6 rings (SSSR count). The highest BCUT2D eigenvalue weighted by atomic mass is 16.7. The largest absolute Gasteiger partial charge is 0.497 e. The molecule has 0 saturated carbocycles. The highest BCUT2D eigenvalue weighted by Gasteiger charge is 2.34. The number of benzene rings is 4. The van der Waals surface area contributed by atoms with Crippen LogP contribution in [0.15, 0.2) is 97.1 Å². The Labute approximate surface area is 245 Å². The molecule has 4 aromatic rings. The maximum absolute atomic E-state index is 14.3. The van der Waals surface area contributed by atoms with Crippen molar-refractivity contribution in [3.8, 4) is 17.2 Å². The first-order chi connectivity index (χ1) is 20.6. The molecule has 2 aliphatic heterocycles. The molecule has 8 nitrogen and oxygen atoms in total. The highest BCUT2D eigenvalue weighted by molar-refractivity contribution is 6.01. The minimum Gasteiger partial charge on any atom is -0.497 e. The van der Waals surface area contributed by atoms with E-state index in [0.29, 0.717) is 41.6 Å². The molecule has 0 fully saturated rings. The molecule has 0 radical (unpaired) electrons. The summed E-state index contributed by atoms with van der Waals surface area (Å²) in [6, 6.07) is 29.7. The van der Waals surface area contributed by atoms with Gasteiger partial charge >= 0.3 is 0 Å². The summed E-state index contributed by atoms with van der Waals surface area (Å²) in [4.78, 5) is 32.1. The van der Waals surface area contributed by atoms with Gasteiger partial charge in [-0.1, -0.05) is 60.7 Å². The summed E-state index contributed by atoms with van der Waals surface area (Å²) < 4.78 is 16.5. The van der Waals surface area contributed by atoms with Gasteiger partial charge in [-0.05, 0) is 53.4 Å². The minimum absolute atomic E-state index is 0.112. The van der Waals surface area contributed by atoms with Gasteiger partial charge in [0, 0.05) is 43.5 Å². The van der Waals surface area contributed by atoms with Crippen molar-refractivity contribution in [1.82, 2.24) is 5.32 Å². The normalized spacial score (nSPS) is 13.8. The first-order valence-electron chi connectivity index (χ1n) is 14.1. The van der Waals surface area contributed by atoms with Gasteiger partial charge in [-0.2, -0.15) is 0 Å². The summed E-state index contributed by atoms with van der Waals surface area (Å²) in [6.07, 6.45) is 1.17. The van der Waals surface area contributed by atoms with Crippen LogP contribution in [0.3, 0.4) is 0 Å². The van der Waals surface area contributed by atoms with Gasteiger partial charge in [-0.15, -0.1) is 0 Å². The Balaban J connectivity index is 1.34. The van der Waals surface area contributed by atoms with Crippen molar-refractivity contribution < 1.29 is 23.8 Å². The van der Waals surface area contributed by atoms with Crippen LogP contribution in [0.1, 0.15) is 29.2 Å². The first-order valence-corrected chi connectivity index (χ1v) is 14.1. The van der Waals surface area contributed by atoms with E-state index in [2.05, 4.69) is 22.3 Å². The van der Waals surface area contributed by atoms with Crippen LogP contribution in [-0.2, 0) is 22.6 Å². The number of carbonyl (C=O) groups excluding carboxylic acids is 2. The number of amides is 2. The van der Waals surface area contributed by atoms with Crippen LogP contribution in [0.25, 0.3) is 0 Å². The lowest BCUT2D eigenvalue weighted by Crippen LogP contribution is -2.44. The van der Waals surface area contributed by atoms with E-state index in [1.54, 1.807) is 42.3 Å². The molecule has 0 spiro atoms. The molecule has 214 valence electrons. The average Bonchev–Trinajstić information content (AvgIpc) is 3.68. The molecule has 0 bridgehead atoms. The van der Waals surface area contributed by atoms with E-state index >= 15 is 0 Å². The van der Waals surface area contributed by atoms with Crippen LogP contribution >= 0.6 is 0 Å². The Bertz CT molecular complexity index is 1560. The molecule has 2 aliphatic rings. The third-order valence-electron chi connectivity index (χ3n) is 7.73. The number of ether oxygens (including phenoxy) is 3. The number of para-hydroxylation sites is 1. The third kappa shape index (κ3) is 5.74. The van der Waals surface area contributed by atoms with Gasteiger partial charge in [0.15, 0.2) is 11.5 Å². The molecule has 0 saturated heterocycles. The zero-order valence-electron chi connectivity index (χ0n) is 23.5. The second-order valence-corrected chi connectivity index (χ2v) is 10.3. The predicted octanol–water partition coefficient (Wildman–Crippen LogP) is 5.27. The Morgan fingerprint density at radius 1 is 0.929 bits per heavy atom. The van der Waals surface area contributed by atoms with E-state index in [1.807, 2.05) is 54.6 Å². The number of nitrogens with one attached hydrogen (secondary N) is 1. The van der Waals surface area contributed by atoms with E-state index in [1.165, 1.54) is 5.56 Å². The second kappa shape index (κ2) is 12.3. The molecular formula is C34H33N3O5. The Morgan fingerprint density at radius 2 is 1.69 bits per heavy atom. The second-order valence-electron chi connectivity index (χ2n) is 10.3. The minimum atomic E-state index is -0.932. The Hall–Kier alpha value is -4.98. The number of methoxy groups -OCH3 is 1. The van der Waals surface area contributed by atoms with E-state index in [0.717, 1.165) is 24.2 Å². The van der Waals surface area contributed by atoms with Crippen molar-refractivity contribution in [1.29, 1.82) is 0 Å². The summed E-state index contributed by atoms with van der Waals surface area (Å²) >= 11 is 0. The van der Waals surface area contributed by atoms with Gasteiger partial charge in [0.1, 0.15) is 11.8 Å². The van der Waals surface area contributed by atoms with Crippen molar-refractivity contribution in [3.63, 3.8) is 0 Å². The van der Waals surface area contributed by atoms with Crippen molar-refractivity contribution >= 4 is 23.2 Å². The topological polar surface area (TPSA) is 80.3 Å². The molecule has 42 heavy (non-hydrogen) atoms. The monoisotopic (exact) mass is 563 g/mol. The summed E-state index contributed by atoms with van der Waals surface area (Å²) in [6.45, 7) is 1.84. The standard InChI is InChI=1S/C34H33N3O5/c1-40-28-14-11-26(12-15-28)33(34(39)35-22-24-7-3-2-4-8-24)37(27-13-16-30-31(21-27)42-23-41-30)32(38)18-20-36-19-17-25-9-5-6-10-29(25)36/h2-16,21,33H,17-20,22-23H2,1H3,(H,35,39)/t33-/m0/s1. The van der Waals surface area contributed by atoms with Crippen LogP contribution in [0.2, 0.25) is 0 Å². The van der Waals surface area contributed by atoms with E-state index < -0.39 is 6.04 Å². The van der Waals surface area contributed by atoms with Gasteiger partial charge in [0.2, 0.25) is 18.6 Å². The van der Waals surface area contributed by atoms with Gasteiger partial charge in [-0.3, -0.25) is 14.5 Å². The fourth-order valence-corrected chi connectivity index (χ4v) is 5.55. The predicted molar refractivity (Wildman–Crippen MR) is 161 cm³/mol. The summed E-state index contributed by atoms with van der Waals surface area (Å²) in [5, 5.41) is 3.06. The molecule has 8 heteroatoms. The van der Waals surface area contributed by atoms with Crippen molar-refractivity contribution in [3.05, 3.63) is 114 Å². The van der Waals surface area contributed by atoms with Crippen LogP contribution < -0.4 is 29.3 Å². The number of anilines is 2. The van der Waals surface area contributed by atoms with E-state index in [4.69, 9.17) is 14.2 Å². The lowest BCUT2D eigenvalue weighted by molar-refractivity contribution is -0.126. The van der Waals surface area contributed by atoms with Crippen LogP contribution in [0, 0.1) is 0 Å². The fraction of sp³-hybridized carbons (Fsp3) is 0.235. The lowest BCUT2D eigenvalue weighted by Gasteiger charge is -2.32. The van der Waals surface area contributed by atoms with E-state index in [9.17, 15) is 9.59 Å². The molecule has 1 atom stereocenters. The van der Waals surface area contributed by atoms with Crippen molar-refractivity contribution in [2.24, 2.45) is 0 Å². The van der Waals surface area contributed by atoms with Crippen LogP contribution in [0.4, 0.5) is 11.4 Å². The molecule has 2 amide bonds. The molecule has 0 aromatic heterocycles. The molecule has 2 heterocycles. The zero-order valence-corrected chi connectivity index (χ0v) is 23.5. The fourth-order valence-electron chi connectivity index (χ4n) is 5.55. The molecule has 1 N–H and O–H groups in total. The van der Waals surface area contributed by atoms with Gasteiger partial charge in [0.05, 0.1) is 7.11 Å². The molecular weight excluding hydrogens is 530 g/mol. The lowest BCUT2D eigenvalue weighted by atomic mass is 10.0. The molecule has 4 aromatic carbocycles. The highest BCUT2D eigenvalue weighted by Crippen LogP contribution is 2.39. The number of hydrogen-bond acceptors (Lipinski definition) is 6. The van der Waals surface area contributed by atoms with Gasteiger partial charge in [-0.25, -0.2) is 0 Å². The maximum atomic E-state index is 14.3. The van der Waals surface area contributed by atoms with Gasteiger partial charge in [0.25, 0.3) is 0 Å². The van der Waals surface area contributed by atoms with E-state index in [-0.39, 0.29) is 25.0 Å². The smallest absolute Gasteiger partial charge is 0.248 e. The quantitative estimate of drug-likeness (QED) is 0.283. The summed E-state index contributed by atoms with van der Waals surface area (Å²) in [5.41, 5.74) is 4.63. The number of fused-ring (bicyclic) bond motifs is 2. The summed E-state index contributed by atoms with van der Waals surface area (Å²) in [5.74, 6) is 1.35.